The summed E-state index contributed by atoms with van der Waals surface area (Å²) in [6, 6.07) is 0. The van der Waals surface area contributed by atoms with Crippen molar-refractivity contribution in [3.05, 3.63) is 0 Å². The highest BCUT2D eigenvalue weighted by Crippen LogP contribution is 2.52. The Kier molecular flexibility index (Phi) is 4.24. The second-order valence-electron chi connectivity index (χ2n) is 4.70. The van der Waals surface area contributed by atoms with Crippen molar-refractivity contribution in [2.24, 2.45) is 5.41 Å². The van der Waals surface area contributed by atoms with Gasteiger partial charge in [0.1, 0.15) is 0 Å². The molecular formula is C12H24O. The van der Waals surface area contributed by atoms with Crippen LogP contribution in [0.25, 0.3) is 0 Å². The Morgan fingerprint density at radius 3 is 2.23 bits per heavy atom. The van der Waals surface area contributed by atoms with E-state index in [0.717, 1.165) is 0 Å². The first-order valence-corrected chi connectivity index (χ1v) is 5.89. The van der Waals surface area contributed by atoms with E-state index in [9.17, 15) is 5.11 Å². The molecule has 0 aromatic rings. The van der Waals surface area contributed by atoms with Crippen molar-refractivity contribution < 1.29 is 5.11 Å². The first-order valence-electron chi connectivity index (χ1n) is 5.89. The van der Waals surface area contributed by atoms with Gasteiger partial charge in [0.25, 0.3) is 0 Å². The molecule has 0 aromatic carbocycles. The number of aliphatic hydroxyl groups is 1. The van der Waals surface area contributed by atoms with E-state index < -0.39 is 0 Å². The fraction of sp³-hybridized carbons (Fsp3) is 1.00. The van der Waals surface area contributed by atoms with Gasteiger partial charge in [-0.3, -0.25) is 0 Å². The van der Waals surface area contributed by atoms with E-state index in [2.05, 4.69) is 6.92 Å². The molecule has 1 unspecified atom stereocenters. The number of hydrogen-bond donors (Lipinski definition) is 1. The average molecular weight is 184 g/mol. The normalized spacial score (nSPS) is 21.5. The lowest BCUT2D eigenvalue weighted by atomic mass is 9.93. The minimum Gasteiger partial charge on any atom is -0.393 e. The van der Waals surface area contributed by atoms with Crippen LogP contribution in [-0.4, -0.2) is 11.2 Å². The van der Waals surface area contributed by atoms with Crippen LogP contribution < -0.4 is 0 Å². The quantitative estimate of drug-likeness (QED) is 0.600. The Morgan fingerprint density at radius 1 is 1.15 bits per heavy atom. The third-order valence-corrected chi connectivity index (χ3v) is 3.56. The summed E-state index contributed by atoms with van der Waals surface area (Å²) in [5, 5.41) is 9.55. The highest BCUT2D eigenvalue weighted by Gasteiger charge is 2.45. The summed E-state index contributed by atoms with van der Waals surface area (Å²) in [5.41, 5.74) is 0.353. The van der Waals surface area contributed by atoms with E-state index in [1.165, 1.54) is 51.4 Å². The van der Waals surface area contributed by atoms with E-state index in [-0.39, 0.29) is 6.10 Å². The second-order valence-corrected chi connectivity index (χ2v) is 4.70. The van der Waals surface area contributed by atoms with E-state index in [0.29, 0.717) is 5.41 Å². The van der Waals surface area contributed by atoms with Crippen molar-refractivity contribution in [3.63, 3.8) is 0 Å². The maximum Gasteiger partial charge on any atom is 0.0568 e. The molecule has 1 N–H and O–H groups in total. The lowest BCUT2D eigenvalue weighted by Gasteiger charge is -2.17. The Morgan fingerprint density at radius 2 is 1.77 bits per heavy atom. The van der Waals surface area contributed by atoms with Gasteiger partial charge in [-0.1, -0.05) is 39.0 Å². The molecule has 0 heterocycles. The van der Waals surface area contributed by atoms with Crippen molar-refractivity contribution in [1.29, 1.82) is 0 Å². The lowest BCUT2D eigenvalue weighted by molar-refractivity contribution is 0.102. The third-order valence-electron chi connectivity index (χ3n) is 3.56. The van der Waals surface area contributed by atoms with E-state index >= 15 is 0 Å². The highest BCUT2D eigenvalue weighted by atomic mass is 16.3. The minimum atomic E-state index is -0.0707. The van der Waals surface area contributed by atoms with Crippen molar-refractivity contribution in [2.75, 3.05) is 0 Å². The maximum absolute atomic E-state index is 9.55. The Bertz CT molecular complexity index is 136. The summed E-state index contributed by atoms with van der Waals surface area (Å²) in [4.78, 5) is 0. The molecule has 0 aromatic heterocycles. The summed E-state index contributed by atoms with van der Waals surface area (Å²) in [6.45, 7) is 4.21. The maximum atomic E-state index is 9.55. The largest absolute Gasteiger partial charge is 0.393 e. The van der Waals surface area contributed by atoms with Crippen LogP contribution in [0.5, 0.6) is 0 Å². The SMILES string of the molecule is CCCCCCCC1(C(C)O)CC1. The Hall–Kier alpha value is -0.0400. The van der Waals surface area contributed by atoms with Crippen molar-refractivity contribution >= 4 is 0 Å². The van der Waals surface area contributed by atoms with Gasteiger partial charge >= 0.3 is 0 Å². The molecule has 1 atom stereocenters. The molecule has 1 rings (SSSR count). The van der Waals surface area contributed by atoms with Crippen LogP contribution in [0.3, 0.4) is 0 Å². The molecular weight excluding hydrogens is 160 g/mol. The van der Waals surface area contributed by atoms with Crippen LogP contribution in [0.2, 0.25) is 0 Å². The zero-order valence-electron chi connectivity index (χ0n) is 9.18. The third kappa shape index (κ3) is 3.30. The van der Waals surface area contributed by atoms with Crippen LogP contribution in [-0.2, 0) is 0 Å². The molecule has 78 valence electrons. The van der Waals surface area contributed by atoms with Crippen LogP contribution in [0.4, 0.5) is 0 Å². The smallest absolute Gasteiger partial charge is 0.0568 e. The first-order chi connectivity index (χ1) is 6.21. The van der Waals surface area contributed by atoms with Gasteiger partial charge in [0.05, 0.1) is 6.10 Å². The first kappa shape index (κ1) is 11.0. The fourth-order valence-corrected chi connectivity index (χ4v) is 2.12. The zero-order chi connectivity index (χ0) is 9.73. The highest BCUT2D eigenvalue weighted by molar-refractivity contribution is 4.96. The van der Waals surface area contributed by atoms with Crippen molar-refractivity contribution in [3.8, 4) is 0 Å². The molecule has 0 bridgehead atoms. The Balaban J connectivity index is 1.99. The van der Waals surface area contributed by atoms with Gasteiger partial charge in [0, 0.05) is 0 Å². The summed E-state index contributed by atoms with van der Waals surface area (Å²) in [5.74, 6) is 0. The van der Waals surface area contributed by atoms with E-state index in [1.54, 1.807) is 0 Å². The molecule has 0 amide bonds. The van der Waals surface area contributed by atoms with Crippen molar-refractivity contribution in [2.45, 2.75) is 71.3 Å². The van der Waals surface area contributed by atoms with Crippen LogP contribution >= 0.6 is 0 Å². The topological polar surface area (TPSA) is 20.2 Å². The molecule has 1 saturated carbocycles. The van der Waals surface area contributed by atoms with E-state index in [1.807, 2.05) is 6.92 Å². The van der Waals surface area contributed by atoms with Crippen LogP contribution in [0, 0.1) is 5.41 Å². The molecule has 1 heteroatoms. The lowest BCUT2D eigenvalue weighted by Crippen LogP contribution is -2.17. The molecule has 0 saturated heterocycles. The van der Waals surface area contributed by atoms with Gasteiger partial charge in [-0.25, -0.2) is 0 Å². The molecule has 1 fully saturated rings. The van der Waals surface area contributed by atoms with Crippen LogP contribution in [0.15, 0.2) is 0 Å². The molecule has 0 radical (unpaired) electrons. The fourth-order valence-electron chi connectivity index (χ4n) is 2.12. The predicted octanol–water partition coefficient (Wildman–Crippen LogP) is 3.51. The van der Waals surface area contributed by atoms with Crippen LogP contribution in [0.1, 0.15) is 65.2 Å². The van der Waals surface area contributed by atoms with Crippen molar-refractivity contribution in [1.82, 2.24) is 0 Å². The van der Waals surface area contributed by atoms with Gasteiger partial charge < -0.3 is 5.11 Å². The summed E-state index contributed by atoms with van der Waals surface area (Å²) in [7, 11) is 0. The molecule has 13 heavy (non-hydrogen) atoms. The zero-order valence-corrected chi connectivity index (χ0v) is 9.18. The number of rotatable bonds is 7. The minimum absolute atomic E-state index is 0.0707. The Labute approximate surface area is 82.5 Å². The average Bonchev–Trinajstić information content (AvgIpc) is 2.85. The van der Waals surface area contributed by atoms with Gasteiger partial charge in [0.15, 0.2) is 0 Å². The second kappa shape index (κ2) is 4.99. The van der Waals surface area contributed by atoms with Gasteiger partial charge in [-0.2, -0.15) is 0 Å². The molecule has 1 nitrogen and oxygen atoms in total. The number of unbranched alkanes of at least 4 members (excludes halogenated alkanes) is 4. The number of aliphatic hydroxyl groups excluding tert-OH is 1. The monoisotopic (exact) mass is 184 g/mol. The molecule has 1 aliphatic rings. The van der Waals surface area contributed by atoms with Gasteiger partial charge in [-0.05, 0) is 31.6 Å². The summed E-state index contributed by atoms with van der Waals surface area (Å²) < 4.78 is 0. The summed E-state index contributed by atoms with van der Waals surface area (Å²) in [6.07, 6.45) is 10.5. The number of hydrogen-bond acceptors (Lipinski definition) is 1. The van der Waals surface area contributed by atoms with Gasteiger partial charge in [-0.15, -0.1) is 0 Å². The predicted molar refractivity (Wildman–Crippen MR) is 56.7 cm³/mol. The van der Waals surface area contributed by atoms with E-state index in [4.69, 9.17) is 0 Å². The molecule has 0 aliphatic heterocycles. The molecule has 0 spiro atoms. The standard InChI is InChI=1S/C12H24O/c1-3-4-5-6-7-8-12(9-10-12)11(2)13/h11,13H,3-10H2,1-2H3. The van der Waals surface area contributed by atoms with Gasteiger partial charge in [0.2, 0.25) is 0 Å². The summed E-state index contributed by atoms with van der Waals surface area (Å²) >= 11 is 0. The molecule has 1 aliphatic carbocycles.